The van der Waals surface area contributed by atoms with Gasteiger partial charge >= 0.3 is 0 Å². The Bertz CT molecular complexity index is 342. The zero-order valence-corrected chi connectivity index (χ0v) is 11.2. The minimum atomic E-state index is -0.204. The Kier molecular flexibility index (Phi) is 5.80. The van der Waals surface area contributed by atoms with Gasteiger partial charge < -0.3 is 10.1 Å². The Balaban J connectivity index is 2.43. The van der Waals surface area contributed by atoms with Gasteiger partial charge in [-0.25, -0.2) is 0 Å². The molecule has 16 heavy (non-hydrogen) atoms. The van der Waals surface area contributed by atoms with E-state index in [1.807, 2.05) is 12.1 Å². The second-order valence-corrected chi connectivity index (χ2v) is 4.80. The number of methoxy groups -OCH3 is 1. The van der Waals surface area contributed by atoms with Crippen LogP contribution in [0.3, 0.4) is 0 Å². The lowest BCUT2D eigenvalue weighted by molar-refractivity contribution is 0.0949. The van der Waals surface area contributed by atoms with Crippen molar-refractivity contribution < 1.29 is 9.53 Å². The monoisotopic (exact) mass is 305 g/mol. The average Bonchev–Trinajstić information content (AvgIpc) is 2.27. The Hall–Kier alpha value is -0.580. The third-order valence-corrected chi connectivity index (χ3v) is 2.75. The zero-order valence-electron chi connectivity index (χ0n) is 8.87. The SMILES string of the molecule is COCC(Cl)CNC(=O)c1ccc(Br)cc1. The van der Waals surface area contributed by atoms with Crippen molar-refractivity contribution in [2.45, 2.75) is 5.38 Å². The molecule has 0 saturated heterocycles. The fraction of sp³-hybridized carbons (Fsp3) is 0.364. The van der Waals surface area contributed by atoms with E-state index in [4.69, 9.17) is 16.3 Å². The summed E-state index contributed by atoms with van der Waals surface area (Å²) >= 11 is 9.20. The first-order chi connectivity index (χ1) is 7.63. The summed E-state index contributed by atoms with van der Waals surface area (Å²) in [5, 5.41) is 2.53. The molecule has 0 aromatic heterocycles. The highest BCUT2D eigenvalue weighted by Crippen LogP contribution is 2.10. The van der Waals surface area contributed by atoms with Crippen LogP contribution in [0.4, 0.5) is 0 Å². The quantitative estimate of drug-likeness (QED) is 0.849. The van der Waals surface area contributed by atoms with Gasteiger partial charge in [0.25, 0.3) is 5.91 Å². The van der Waals surface area contributed by atoms with Crippen LogP contribution in [-0.2, 0) is 4.74 Å². The van der Waals surface area contributed by atoms with E-state index in [9.17, 15) is 4.79 Å². The fourth-order valence-corrected chi connectivity index (χ4v) is 1.61. The number of rotatable bonds is 5. The number of alkyl halides is 1. The van der Waals surface area contributed by atoms with Crippen molar-refractivity contribution in [2.75, 3.05) is 20.3 Å². The fourth-order valence-electron chi connectivity index (χ4n) is 1.15. The Labute approximate surface area is 108 Å². The summed E-state index contributed by atoms with van der Waals surface area (Å²) in [5.74, 6) is -0.130. The molecule has 0 aliphatic heterocycles. The normalized spacial score (nSPS) is 12.2. The summed E-state index contributed by atoms with van der Waals surface area (Å²) in [4.78, 5) is 11.6. The van der Waals surface area contributed by atoms with Gasteiger partial charge in [-0.3, -0.25) is 4.79 Å². The largest absolute Gasteiger partial charge is 0.383 e. The van der Waals surface area contributed by atoms with Crippen molar-refractivity contribution >= 4 is 33.4 Å². The molecular weight excluding hydrogens is 293 g/mol. The molecule has 1 rings (SSSR count). The van der Waals surface area contributed by atoms with Crippen LogP contribution in [0.2, 0.25) is 0 Å². The zero-order chi connectivity index (χ0) is 12.0. The molecule has 0 fully saturated rings. The van der Waals surface area contributed by atoms with Gasteiger partial charge in [0, 0.05) is 23.7 Å². The molecule has 1 atom stereocenters. The molecule has 0 aliphatic carbocycles. The molecule has 0 radical (unpaired) electrons. The first-order valence-electron chi connectivity index (χ1n) is 4.80. The van der Waals surface area contributed by atoms with Crippen LogP contribution < -0.4 is 5.32 Å². The van der Waals surface area contributed by atoms with Gasteiger partial charge in [-0.15, -0.1) is 11.6 Å². The van der Waals surface area contributed by atoms with E-state index in [1.165, 1.54) is 0 Å². The first-order valence-corrected chi connectivity index (χ1v) is 6.03. The van der Waals surface area contributed by atoms with Crippen molar-refractivity contribution in [3.8, 4) is 0 Å². The minimum absolute atomic E-state index is 0.130. The number of ether oxygens (including phenoxy) is 1. The van der Waals surface area contributed by atoms with Gasteiger partial charge in [0.05, 0.1) is 12.0 Å². The third kappa shape index (κ3) is 4.51. The van der Waals surface area contributed by atoms with Gasteiger partial charge in [-0.2, -0.15) is 0 Å². The van der Waals surface area contributed by atoms with Crippen molar-refractivity contribution in [3.63, 3.8) is 0 Å². The van der Waals surface area contributed by atoms with E-state index in [1.54, 1.807) is 19.2 Å². The van der Waals surface area contributed by atoms with Crippen LogP contribution in [0.25, 0.3) is 0 Å². The van der Waals surface area contributed by atoms with Crippen LogP contribution in [0.5, 0.6) is 0 Å². The van der Waals surface area contributed by atoms with Gasteiger partial charge in [-0.05, 0) is 24.3 Å². The highest BCUT2D eigenvalue weighted by molar-refractivity contribution is 9.10. The van der Waals surface area contributed by atoms with Gasteiger partial charge in [0.1, 0.15) is 0 Å². The number of benzene rings is 1. The summed E-state index contributed by atoms with van der Waals surface area (Å²) in [6.07, 6.45) is 0. The standard InChI is InChI=1S/C11H13BrClNO2/c1-16-7-10(13)6-14-11(15)8-2-4-9(12)5-3-8/h2-5,10H,6-7H2,1H3,(H,14,15). The van der Waals surface area contributed by atoms with Crippen LogP contribution in [0.1, 0.15) is 10.4 Å². The van der Waals surface area contributed by atoms with Gasteiger partial charge in [0.2, 0.25) is 0 Å². The molecule has 0 aliphatic rings. The molecule has 0 heterocycles. The maximum absolute atomic E-state index is 11.6. The average molecular weight is 307 g/mol. The Morgan fingerprint density at radius 3 is 2.69 bits per heavy atom. The van der Waals surface area contributed by atoms with E-state index in [0.29, 0.717) is 18.7 Å². The predicted octanol–water partition coefficient (Wildman–Crippen LogP) is 2.43. The molecule has 1 aromatic rings. The summed E-state index contributed by atoms with van der Waals surface area (Å²) in [7, 11) is 1.58. The van der Waals surface area contributed by atoms with Crippen molar-refractivity contribution in [1.82, 2.24) is 5.32 Å². The number of amides is 1. The predicted molar refractivity (Wildman–Crippen MR) is 68.0 cm³/mol. The second kappa shape index (κ2) is 6.89. The number of carbonyl (C=O) groups is 1. The third-order valence-electron chi connectivity index (χ3n) is 1.94. The minimum Gasteiger partial charge on any atom is -0.383 e. The summed E-state index contributed by atoms with van der Waals surface area (Å²) in [5.41, 5.74) is 0.615. The first kappa shape index (κ1) is 13.5. The molecule has 1 aromatic carbocycles. The van der Waals surface area contributed by atoms with Crippen molar-refractivity contribution in [1.29, 1.82) is 0 Å². The molecule has 88 valence electrons. The van der Waals surface area contributed by atoms with Crippen LogP contribution in [0, 0.1) is 0 Å². The van der Waals surface area contributed by atoms with E-state index in [-0.39, 0.29) is 11.3 Å². The van der Waals surface area contributed by atoms with E-state index >= 15 is 0 Å². The van der Waals surface area contributed by atoms with E-state index in [0.717, 1.165) is 4.47 Å². The number of halogens is 2. The number of carbonyl (C=O) groups excluding carboxylic acids is 1. The van der Waals surface area contributed by atoms with Gasteiger partial charge in [-0.1, -0.05) is 15.9 Å². The summed E-state index contributed by atoms with van der Waals surface area (Å²) in [6.45, 7) is 0.812. The van der Waals surface area contributed by atoms with Gasteiger partial charge in [0.15, 0.2) is 0 Å². The Morgan fingerprint density at radius 1 is 1.50 bits per heavy atom. The summed E-state index contributed by atoms with van der Waals surface area (Å²) < 4.78 is 5.81. The number of nitrogens with one attached hydrogen (secondary N) is 1. The lowest BCUT2D eigenvalue weighted by Crippen LogP contribution is -2.31. The highest BCUT2D eigenvalue weighted by atomic mass is 79.9. The second-order valence-electron chi connectivity index (χ2n) is 3.27. The topological polar surface area (TPSA) is 38.3 Å². The maximum atomic E-state index is 11.6. The van der Waals surface area contributed by atoms with E-state index < -0.39 is 0 Å². The molecule has 1 amide bonds. The molecule has 0 bridgehead atoms. The molecule has 5 heteroatoms. The van der Waals surface area contributed by atoms with Crippen LogP contribution in [-0.4, -0.2) is 31.5 Å². The highest BCUT2D eigenvalue weighted by Gasteiger charge is 2.08. The molecule has 0 spiro atoms. The lowest BCUT2D eigenvalue weighted by Gasteiger charge is -2.09. The molecule has 3 nitrogen and oxygen atoms in total. The molecule has 1 N–H and O–H groups in total. The Morgan fingerprint density at radius 2 is 2.12 bits per heavy atom. The molecule has 1 unspecified atom stereocenters. The van der Waals surface area contributed by atoms with Crippen LogP contribution in [0.15, 0.2) is 28.7 Å². The number of hydrogen-bond acceptors (Lipinski definition) is 2. The van der Waals surface area contributed by atoms with Crippen molar-refractivity contribution in [2.24, 2.45) is 0 Å². The molecular formula is C11H13BrClNO2. The number of hydrogen-bond donors (Lipinski definition) is 1. The van der Waals surface area contributed by atoms with Crippen molar-refractivity contribution in [3.05, 3.63) is 34.3 Å². The van der Waals surface area contributed by atoms with E-state index in [2.05, 4.69) is 21.2 Å². The lowest BCUT2D eigenvalue weighted by atomic mass is 10.2. The molecule has 0 saturated carbocycles. The summed E-state index contributed by atoms with van der Waals surface area (Å²) in [6, 6.07) is 7.14. The smallest absolute Gasteiger partial charge is 0.251 e. The van der Waals surface area contributed by atoms with Crippen LogP contribution >= 0.6 is 27.5 Å². The maximum Gasteiger partial charge on any atom is 0.251 e.